The van der Waals surface area contributed by atoms with E-state index in [1.807, 2.05) is 4.57 Å². The highest BCUT2D eigenvalue weighted by Gasteiger charge is 2.20. The van der Waals surface area contributed by atoms with Gasteiger partial charge in [0.1, 0.15) is 5.82 Å². The number of aromatic amines is 1. The highest BCUT2D eigenvalue weighted by atomic mass is 16.2. The van der Waals surface area contributed by atoms with E-state index >= 15 is 0 Å². The van der Waals surface area contributed by atoms with E-state index in [-0.39, 0.29) is 5.91 Å². The highest BCUT2D eigenvalue weighted by Crippen LogP contribution is 2.22. The first-order chi connectivity index (χ1) is 14.9. The molecule has 1 saturated carbocycles. The van der Waals surface area contributed by atoms with Gasteiger partial charge in [0.15, 0.2) is 11.2 Å². The Kier molecular flexibility index (Phi) is 8.09. The van der Waals surface area contributed by atoms with Gasteiger partial charge < -0.3 is 9.88 Å². The summed E-state index contributed by atoms with van der Waals surface area (Å²) in [6, 6.07) is 0. The quantitative estimate of drug-likeness (QED) is 0.604. The molecule has 8 nitrogen and oxygen atoms in total. The van der Waals surface area contributed by atoms with Crippen LogP contribution in [0.2, 0.25) is 0 Å². The predicted octanol–water partition coefficient (Wildman–Crippen LogP) is 2.97. The Morgan fingerprint density at radius 2 is 1.94 bits per heavy atom. The van der Waals surface area contributed by atoms with E-state index in [2.05, 4.69) is 36.1 Å². The number of amides is 1. The Morgan fingerprint density at radius 1 is 1.19 bits per heavy atom. The van der Waals surface area contributed by atoms with E-state index in [9.17, 15) is 14.4 Å². The molecule has 172 valence electrons. The molecule has 2 N–H and O–H groups in total. The lowest BCUT2D eigenvalue weighted by Crippen LogP contribution is -2.31. The Balaban J connectivity index is 1.81. The zero-order chi connectivity index (χ0) is 22.4. The fourth-order valence-electron chi connectivity index (χ4n) is 4.46. The smallest absolute Gasteiger partial charge is 0.330 e. The molecule has 0 saturated heterocycles. The first kappa shape index (κ1) is 23.3. The highest BCUT2D eigenvalue weighted by molar-refractivity contribution is 5.76. The monoisotopic (exact) mass is 431 g/mol. The fourth-order valence-corrected chi connectivity index (χ4v) is 4.46. The van der Waals surface area contributed by atoms with Gasteiger partial charge >= 0.3 is 5.69 Å². The lowest BCUT2D eigenvalue weighted by atomic mass is 9.89. The summed E-state index contributed by atoms with van der Waals surface area (Å²) in [6.45, 7) is 8.09. The van der Waals surface area contributed by atoms with Crippen LogP contribution in [-0.4, -0.2) is 31.6 Å². The van der Waals surface area contributed by atoms with Crippen LogP contribution in [0.3, 0.4) is 0 Å². The van der Waals surface area contributed by atoms with E-state index in [0.717, 1.165) is 19.4 Å². The molecule has 1 amide bonds. The Hall–Kier alpha value is -2.38. The normalized spacial score (nSPS) is 15.1. The lowest BCUT2D eigenvalue weighted by molar-refractivity contribution is -0.121. The van der Waals surface area contributed by atoms with Crippen molar-refractivity contribution >= 4 is 17.1 Å². The van der Waals surface area contributed by atoms with Gasteiger partial charge in [-0.1, -0.05) is 46.5 Å². The van der Waals surface area contributed by atoms with Crippen LogP contribution < -0.4 is 16.6 Å². The largest absolute Gasteiger partial charge is 0.356 e. The summed E-state index contributed by atoms with van der Waals surface area (Å²) in [7, 11) is 0. The van der Waals surface area contributed by atoms with Crippen molar-refractivity contribution < 1.29 is 4.79 Å². The number of unbranched alkanes of at least 4 members (excludes halogenated alkanes) is 1. The van der Waals surface area contributed by atoms with Crippen molar-refractivity contribution in [3.8, 4) is 0 Å². The summed E-state index contributed by atoms with van der Waals surface area (Å²) < 4.78 is 3.46. The molecule has 2 aromatic rings. The van der Waals surface area contributed by atoms with Crippen LogP contribution in [0.1, 0.15) is 78.0 Å². The van der Waals surface area contributed by atoms with Gasteiger partial charge in [-0.2, -0.15) is 0 Å². The van der Waals surface area contributed by atoms with Crippen LogP contribution in [0.4, 0.5) is 0 Å². The molecule has 8 heteroatoms. The van der Waals surface area contributed by atoms with Crippen LogP contribution in [0.5, 0.6) is 0 Å². The van der Waals surface area contributed by atoms with Crippen molar-refractivity contribution in [2.45, 2.75) is 91.6 Å². The topological polar surface area (TPSA) is 102 Å². The minimum Gasteiger partial charge on any atom is -0.356 e. The number of nitrogens with one attached hydrogen (secondary N) is 2. The third kappa shape index (κ3) is 5.86. The third-order valence-corrected chi connectivity index (χ3v) is 6.14. The van der Waals surface area contributed by atoms with Crippen LogP contribution in [0, 0.1) is 11.8 Å². The number of hydrogen-bond donors (Lipinski definition) is 2. The minimum absolute atomic E-state index is 0.0195. The number of hydrogen-bond acceptors (Lipinski definition) is 4. The first-order valence-electron chi connectivity index (χ1n) is 11.9. The van der Waals surface area contributed by atoms with Crippen molar-refractivity contribution in [1.29, 1.82) is 0 Å². The molecule has 0 bridgehead atoms. The predicted molar refractivity (Wildman–Crippen MR) is 122 cm³/mol. The number of carbonyl (C=O) groups is 1. The van der Waals surface area contributed by atoms with Crippen LogP contribution in [0.25, 0.3) is 11.2 Å². The number of nitrogens with zero attached hydrogens (tertiary/aromatic N) is 3. The van der Waals surface area contributed by atoms with E-state index in [1.165, 1.54) is 32.1 Å². The number of carbonyl (C=O) groups excluding carboxylic acids is 1. The van der Waals surface area contributed by atoms with E-state index in [1.54, 1.807) is 4.57 Å². The van der Waals surface area contributed by atoms with Gasteiger partial charge in [-0.25, -0.2) is 9.78 Å². The summed E-state index contributed by atoms with van der Waals surface area (Å²) in [6.07, 6.45) is 8.75. The summed E-state index contributed by atoms with van der Waals surface area (Å²) in [4.78, 5) is 44.7. The van der Waals surface area contributed by atoms with Crippen LogP contribution >= 0.6 is 0 Å². The van der Waals surface area contributed by atoms with Gasteiger partial charge in [-0.05, 0) is 31.1 Å². The molecule has 31 heavy (non-hydrogen) atoms. The molecule has 3 rings (SSSR count). The molecular weight excluding hydrogens is 394 g/mol. The third-order valence-electron chi connectivity index (χ3n) is 6.14. The van der Waals surface area contributed by atoms with Crippen LogP contribution in [-0.2, 0) is 24.3 Å². The number of imidazole rings is 1. The maximum Gasteiger partial charge on any atom is 0.330 e. The molecule has 1 aliphatic rings. The molecule has 0 aromatic carbocycles. The standard InChI is InChI=1S/C23H37N5O3/c1-4-5-13-27-21-20(22(30)26-23(27)31)28(15-16(2)3)18(25-21)11-12-19(29)24-14-17-9-7-6-8-10-17/h16-17H,4-15H2,1-3H3,(H,24,29)(H,26,30,31). The average Bonchev–Trinajstić information content (AvgIpc) is 3.09. The van der Waals surface area contributed by atoms with Gasteiger partial charge in [0.2, 0.25) is 5.91 Å². The Labute approximate surface area is 183 Å². The summed E-state index contributed by atoms with van der Waals surface area (Å²) in [5, 5.41) is 3.08. The molecule has 0 aliphatic heterocycles. The van der Waals surface area contributed by atoms with Crippen molar-refractivity contribution in [1.82, 2.24) is 24.4 Å². The van der Waals surface area contributed by atoms with Crippen molar-refractivity contribution in [2.75, 3.05) is 6.54 Å². The number of aryl methyl sites for hydroxylation is 2. The molecule has 2 aromatic heterocycles. The molecule has 0 spiro atoms. The summed E-state index contributed by atoms with van der Waals surface area (Å²) in [5.74, 6) is 1.60. The minimum atomic E-state index is -0.420. The Morgan fingerprint density at radius 3 is 2.61 bits per heavy atom. The summed E-state index contributed by atoms with van der Waals surface area (Å²) in [5.41, 5.74) is 0.0355. The molecule has 1 fully saturated rings. The Bertz CT molecular complexity index is 995. The lowest BCUT2D eigenvalue weighted by Gasteiger charge is -2.21. The van der Waals surface area contributed by atoms with Crippen molar-refractivity contribution in [2.24, 2.45) is 11.8 Å². The van der Waals surface area contributed by atoms with Gasteiger partial charge in [0.05, 0.1) is 0 Å². The zero-order valence-electron chi connectivity index (χ0n) is 19.2. The van der Waals surface area contributed by atoms with E-state index in [4.69, 9.17) is 0 Å². The number of H-pyrrole nitrogens is 1. The second kappa shape index (κ2) is 10.8. The van der Waals surface area contributed by atoms with E-state index in [0.29, 0.717) is 54.8 Å². The average molecular weight is 432 g/mol. The summed E-state index contributed by atoms with van der Waals surface area (Å²) >= 11 is 0. The molecule has 1 aliphatic carbocycles. The second-order valence-electron chi connectivity index (χ2n) is 9.28. The van der Waals surface area contributed by atoms with Crippen molar-refractivity contribution in [3.63, 3.8) is 0 Å². The SMILES string of the molecule is CCCCn1c(=O)[nH]c(=O)c2c1nc(CCC(=O)NCC1CCCCC1)n2CC(C)C. The van der Waals surface area contributed by atoms with Crippen LogP contribution in [0.15, 0.2) is 9.59 Å². The molecule has 0 radical (unpaired) electrons. The molecule has 2 heterocycles. The maximum absolute atomic E-state index is 12.6. The van der Waals surface area contributed by atoms with E-state index < -0.39 is 11.2 Å². The number of fused-ring (bicyclic) bond motifs is 1. The molecule has 0 unspecified atom stereocenters. The van der Waals surface area contributed by atoms with Crippen molar-refractivity contribution in [3.05, 3.63) is 26.7 Å². The first-order valence-corrected chi connectivity index (χ1v) is 11.9. The van der Waals surface area contributed by atoms with Gasteiger partial charge in [-0.15, -0.1) is 0 Å². The number of rotatable bonds is 10. The van der Waals surface area contributed by atoms with Gasteiger partial charge in [-0.3, -0.25) is 19.1 Å². The zero-order valence-corrected chi connectivity index (χ0v) is 19.2. The maximum atomic E-state index is 12.6. The number of aromatic nitrogens is 4. The molecular formula is C23H37N5O3. The second-order valence-corrected chi connectivity index (χ2v) is 9.28. The molecule has 0 atom stereocenters. The van der Waals surface area contributed by atoms with Gasteiger partial charge in [0, 0.05) is 32.5 Å². The fraction of sp³-hybridized carbons (Fsp3) is 0.739. The van der Waals surface area contributed by atoms with Gasteiger partial charge in [0.25, 0.3) is 5.56 Å².